The predicted octanol–water partition coefficient (Wildman–Crippen LogP) is 4.93. The average molecular weight is 368 g/mol. The summed E-state index contributed by atoms with van der Waals surface area (Å²) in [6, 6.07) is 10.8. The molecule has 0 bridgehead atoms. The maximum atomic E-state index is 10.3. The zero-order valence-corrected chi connectivity index (χ0v) is 12.3. The lowest BCUT2D eigenvalue weighted by atomic mass is 10.0. The Morgan fingerprint density at radius 1 is 0.611 bits per heavy atom. The number of aromatic hydroxyl groups is 2. The number of halogens is 2. The molecule has 0 aliphatic rings. The molecular formula is C14H8Br2O2. The zero-order valence-electron chi connectivity index (χ0n) is 9.11. The van der Waals surface area contributed by atoms with Gasteiger partial charge in [-0.2, -0.15) is 0 Å². The van der Waals surface area contributed by atoms with Crippen LogP contribution in [0.5, 0.6) is 11.5 Å². The van der Waals surface area contributed by atoms with Crippen molar-refractivity contribution in [2.45, 2.75) is 0 Å². The molecule has 3 aromatic rings. The molecule has 3 rings (SSSR count). The second-order valence-electron chi connectivity index (χ2n) is 4.08. The largest absolute Gasteiger partial charge is 0.507 e. The van der Waals surface area contributed by atoms with Gasteiger partial charge in [0.15, 0.2) is 0 Å². The van der Waals surface area contributed by atoms with Crippen molar-refractivity contribution in [3.8, 4) is 11.5 Å². The molecule has 0 fully saturated rings. The first-order valence-electron chi connectivity index (χ1n) is 5.30. The van der Waals surface area contributed by atoms with Crippen LogP contribution in [0.1, 0.15) is 0 Å². The molecule has 18 heavy (non-hydrogen) atoms. The molecule has 2 nitrogen and oxygen atoms in total. The fraction of sp³-hybridized carbons (Fsp3) is 0. The van der Waals surface area contributed by atoms with E-state index in [0.717, 1.165) is 8.95 Å². The van der Waals surface area contributed by atoms with Crippen molar-refractivity contribution in [1.29, 1.82) is 0 Å². The lowest BCUT2D eigenvalue weighted by Crippen LogP contribution is -1.82. The summed E-state index contributed by atoms with van der Waals surface area (Å²) in [6.07, 6.45) is 0. The van der Waals surface area contributed by atoms with Gasteiger partial charge in [-0.15, -0.1) is 0 Å². The molecule has 0 saturated carbocycles. The molecule has 0 saturated heterocycles. The fourth-order valence-corrected chi connectivity index (χ4v) is 2.85. The van der Waals surface area contributed by atoms with Gasteiger partial charge >= 0.3 is 0 Å². The lowest BCUT2D eigenvalue weighted by molar-refractivity contribution is 0.478. The van der Waals surface area contributed by atoms with Gasteiger partial charge in [-0.25, -0.2) is 0 Å². The summed E-state index contributed by atoms with van der Waals surface area (Å²) in [7, 11) is 0. The van der Waals surface area contributed by atoms with Crippen LogP contribution >= 0.6 is 31.9 Å². The van der Waals surface area contributed by atoms with Gasteiger partial charge in [0, 0.05) is 30.5 Å². The van der Waals surface area contributed by atoms with E-state index in [1.807, 2.05) is 12.1 Å². The molecule has 0 aliphatic carbocycles. The molecule has 0 atom stereocenters. The van der Waals surface area contributed by atoms with Crippen LogP contribution in [-0.4, -0.2) is 10.2 Å². The van der Waals surface area contributed by atoms with E-state index in [4.69, 9.17) is 0 Å². The number of phenols is 2. The summed E-state index contributed by atoms with van der Waals surface area (Å²) < 4.78 is 1.72. The van der Waals surface area contributed by atoms with Crippen molar-refractivity contribution < 1.29 is 10.2 Å². The molecule has 4 heteroatoms. The highest BCUT2D eigenvalue weighted by atomic mass is 79.9. The van der Waals surface area contributed by atoms with E-state index in [0.29, 0.717) is 21.5 Å². The van der Waals surface area contributed by atoms with E-state index >= 15 is 0 Å². The van der Waals surface area contributed by atoms with Crippen LogP contribution in [0.25, 0.3) is 21.5 Å². The first-order chi connectivity index (χ1) is 8.58. The Morgan fingerprint density at radius 2 is 1.00 bits per heavy atom. The Balaban J connectivity index is 2.60. The smallest absolute Gasteiger partial charge is 0.131 e. The minimum Gasteiger partial charge on any atom is -0.507 e. The molecule has 0 spiro atoms. The first-order valence-corrected chi connectivity index (χ1v) is 6.89. The van der Waals surface area contributed by atoms with Crippen LogP contribution in [0.4, 0.5) is 0 Å². The molecule has 0 unspecified atom stereocenters. The van der Waals surface area contributed by atoms with Crippen molar-refractivity contribution >= 4 is 53.4 Å². The van der Waals surface area contributed by atoms with Gasteiger partial charge in [0.25, 0.3) is 0 Å². The first kappa shape index (κ1) is 11.8. The minimum absolute atomic E-state index is 0.187. The molecule has 3 aromatic carbocycles. The van der Waals surface area contributed by atoms with Gasteiger partial charge in [-0.1, -0.05) is 31.9 Å². The molecular weight excluding hydrogens is 360 g/mol. The van der Waals surface area contributed by atoms with Crippen molar-refractivity contribution in [3.05, 3.63) is 45.3 Å². The number of phenolic OH excluding ortho intramolecular Hbond substituents is 2. The Kier molecular flexibility index (Phi) is 2.72. The number of hydrogen-bond acceptors (Lipinski definition) is 2. The third-order valence-corrected chi connectivity index (χ3v) is 3.97. The van der Waals surface area contributed by atoms with Crippen LogP contribution in [-0.2, 0) is 0 Å². The number of benzene rings is 3. The summed E-state index contributed by atoms with van der Waals surface area (Å²) >= 11 is 6.73. The van der Waals surface area contributed by atoms with E-state index in [-0.39, 0.29) is 11.5 Å². The second-order valence-corrected chi connectivity index (χ2v) is 5.91. The van der Waals surface area contributed by atoms with Crippen molar-refractivity contribution in [2.24, 2.45) is 0 Å². The fourth-order valence-electron chi connectivity index (χ4n) is 2.13. The molecule has 0 heterocycles. The van der Waals surface area contributed by atoms with Gasteiger partial charge in [-0.3, -0.25) is 0 Å². The summed E-state index contributed by atoms with van der Waals surface area (Å²) in [4.78, 5) is 0. The van der Waals surface area contributed by atoms with Gasteiger partial charge in [0.1, 0.15) is 11.5 Å². The van der Waals surface area contributed by atoms with Crippen LogP contribution in [0.2, 0.25) is 0 Å². The van der Waals surface area contributed by atoms with E-state index in [9.17, 15) is 10.2 Å². The topological polar surface area (TPSA) is 40.5 Å². The van der Waals surface area contributed by atoms with E-state index in [2.05, 4.69) is 31.9 Å². The van der Waals surface area contributed by atoms with E-state index < -0.39 is 0 Å². The van der Waals surface area contributed by atoms with Gasteiger partial charge in [-0.05, 0) is 36.4 Å². The van der Waals surface area contributed by atoms with Crippen LogP contribution in [0.3, 0.4) is 0 Å². The normalized spacial score (nSPS) is 11.2. The Bertz CT molecular complexity index is 714. The summed E-state index contributed by atoms with van der Waals surface area (Å²) in [5.41, 5.74) is 0. The Labute approximate surface area is 120 Å². The van der Waals surface area contributed by atoms with Crippen molar-refractivity contribution in [3.63, 3.8) is 0 Å². The highest BCUT2D eigenvalue weighted by Crippen LogP contribution is 2.42. The van der Waals surface area contributed by atoms with E-state index in [1.165, 1.54) is 0 Å². The van der Waals surface area contributed by atoms with E-state index in [1.54, 1.807) is 24.3 Å². The lowest BCUT2D eigenvalue weighted by Gasteiger charge is -2.10. The third-order valence-electron chi connectivity index (χ3n) is 2.98. The standard InChI is InChI=1S/C14H8Br2O2/c15-7-1-3-9-11(5-7)14(18)10-4-2-8(16)6-12(10)13(9)17/h1-6,17-18H. The zero-order chi connectivity index (χ0) is 12.9. The van der Waals surface area contributed by atoms with Crippen LogP contribution in [0, 0.1) is 0 Å². The Hall–Kier alpha value is -1.26. The summed E-state index contributed by atoms with van der Waals surface area (Å²) in [5.74, 6) is 0.373. The average Bonchev–Trinajstić information content (AvgIpc) is 2.36. The highest BCUT2D eigenvalue weighted by Gasteiger charge is 2.13. The van der Waals surface area contributed by atoms with Gasteiger partial charge < -0.3 is 10.2 Å². The summed E-state index contributed by atoms with van der Waals surface area (Å²) in [5, 5.41) is 23.2. The molecule has 0 amide bonds. The summed E-state index contributed by atoms with van der Waals surface area (Å²) in [6.45, 7) is 0. The number of rotatable bonds is 0. The molecule has 90 valence electrons. The monoisotopic (exact) mass is 366 g/mol. The van der Waals surface area contributed by atoms with Gasteiger partial charge in [0.05, 0.1) is 0 Å². The predicted molar refractivity (Wildman–Crippen MR) is 80.2 cm³/mol. The molecule has 0 radical (unpaired) electrons. The maximum Gasteiger partial charge on any atom is 0.131 e. The van der Waals surface area contributed by atoms with Crippen LogP contribution < -0.4 is 0 Å². The quantitative estimate of drug-likeness (QED) is 0.437. The number of fused-ring (bicyclic) bond motifs is 2. The molecule has 0 aliphatic heterocycles. The molecule has 2 N–H and O–H groups in total. The SMILES string of the molecule is Oc1c2ccc(Br)cc2c(O)c2ccc(Br)cc12. The highest BCUT2D eigenvalue weighted by molar-refractivity contribution is 9.10. The minimum atomic E-state index is 0.187. The Morgan fingerprint density at radius 3 is 1.39 bits per heavy atom. The van der Waals surface area contributed by atoms with Gasteiger partial charge in [0.2, 0.25) is 0 Å². The third kappa shape index (κ3) is 1.68. The number of hydrogen-bond donors (Lipinski definition) is 2. The maximum absolute atomic E-state index is 10.3. The molecule has 0 aromatic heterocycles. The van der Waals surface area contributed by atoms with Crippen LogP contribution in [0.15, 0.2) is 45.3 Å². The van der Waals surface area contributed by atoms with Crippen molar-refractivity contribution in [1.82, 2.24) is 0 Å². The second kappa shape index (κ2) is 4.14. The van der Waals surface area contributed by atoms with Crippen molar-refractivity contribution in [2.75, 3.05) is 0 Å².